The molecule has 1 aromatic heterocycles. The van der Waals surface area contributed by atoms with Gasteiger partial charge in [-0.05, 0) is 29.7 Å². The third-order valence-corrected chi connectivity index (χ3v) is 5.05. The Bertz CT molecular complexity index is 968. The molecule has 5 nitrogen and oxygen atoms in total. The highest BCUT2D eigenvalue weighted by molar-refractivity contribution is 6.16. The number of aromatic nitrogens is 2. The van der Waals surface area contributed by atoms with Gasteiger partial charge in [0.05, 0.1) is 35.3 Å². The van der Waals surface area contributed by atoms with Crippen LogP contribution in [0.5, 0.6) is 0 Å². The molecular formula is C20H19F3N4O. The van der Waals surface area contributed by atoms with Gasteiger partial charge in [-0.1, -0.05) is 13.8 Å². The molecule has 1 heterocycles. The second-order valence-electron chi connectivity index (χ2n) is 7.51. The van der Waals surface area contributed by atoms with Crippen molar-refractivity contribution in [3.63, 3.8) is 0 Å². The fourth-order valence-corrected chi connectivity index (χ4v) is 3.59. The van der Waals surface area contributed by atoms with Gasteiger partial charge in [-0.25, -0.2) is 4.98 Å². The van der Waals surface area contributed by atoms with Crippen LogP contribution in [0.1, 0.15) is 31.4 Å². The largest absolute Gasteiger partial charge is 0.417 e. The predicted molar refractivity (Wildman–Crippen MR) is 98.3 cm³/mol. The number of carbonyl (C=O) groups is 1. The van der Waals surface area contributed by atoms with Gasteiger partial charge in [-0.15, -0.1) is 0 Å². The predicted octanol–water partition coefficient (Wildman–Crippen LogP) is 4.12. The molecule has 28 heavy (non-hydrogen) atoms. The molecule has 146 valence electrons. The van der Waals surface area contributed by atoms with Gasteiger partial charge >= 0.3 is 6.18 Å². The summed E-state index contributed by atoms with van der Waals surface area (Å²) in [5.41, 5.74) is -1.12. The SMILES string of the molecule is CN(c1ccc(C#N)c(C(F)(F)F)c1)C1C=C(n2ccnc2)C(=O)CC1(C)C. The molecule has 1 aliphatic carbocycles. The summed E-state index contributed by atoms with van der Waals surface area (Å²) in [6, 6.07) is 4.90. The molecule has 0 bridgehead atoms. The Morgan fingerprint density at radius 3 is 2.64 bits per heavy atom. The number of halogens is 3. The van der Waals surface area contributed by atoms with E-state index >= 15 is 0 Å². The minimum Gasteiger partial charge on any atom is -0.367 e. The van der Waals surface area contributed by atoms with Crippen LogP contribution in [0.3, 0.4) is 0 Å². The molecule has 1 aromatic carbocycles. The minimum atomic E-state index is -4.63. The van der Waals surface area contributed by atoms with Crippen LogP contribution in [0.2, 0.25) is 0 Å². The Morgan fingerprint density at radius 2 is 2.07 bits per heavy atom. The van der Waals surface area contributed by atoms with Crippen molar-refractivity contribution in [3.8, 4) is 6.07 Å². The van der Waals surface area contributed by atoms with E-state index < -0.39 is 22.7 Å². The van der Waals surface area contributed by atoms with E-state index in [1.165, 1.54) is 18.5 Å². The van der Waals surface area contributed by atoms with E-state index in [-0.39, 0.29) is 18.2 Å². The average molecular weight is 388 g/mol. The van der Waals surface area contributed by atoms with E-state index in [9.17, 15) is 18.0 Å². The number of anilines is 1. The number of hydrogen-bond donors (Lipinski definition) is 0. The number of allylic oxidation sites excluding steroid dienone is 1. The van der Waals surface area contributed by atoms with Gasteiger partial charge in [0.15, 0.2) is 5.78 Å². The van der Waals surface area contributed by atoms with E-state index in [1.807, 2.05) is 13.8 Å². The lowest BCUT2D eigenvalue weighted by atomic mass is 9.74. The van der Waals surface area contributed by atoms with Crippen LogP contribution in [0.4, 0.5) is 18.9 Å². The highest BCUT2D eigenvalue weighted by Gasteiger charge is 2.40. The van der Waals surface area contributed by atoms with Crippen LogP contribution in [0, 0.1) is 16.7 Å². The number of nitriles is 1. The van der Waals surface area contributed by atoms with Crippen LogP contribution in [0.15, 0.2) is 43.0 Å². The quantitative estimate of drug-likeness (QED) is 0.794. The van der Waals surface area contributed by atoms with Crippen molar-refractivity contribution in [1.29, 1.82) is 5.26 Å². The van der Waals surface area contributed by atoms with Crippen LogP contribution in [-0.4, -0.2) is 28.4 Å². The lowest BCUT2D eigenvalue weighted by Gasteiger charge is -2.42. The molecule has 8 heteroatoms. The molecule has 0 saturated carbocycles. The number of hydrogen-bond acceptors (Lipinski definition) is 4. The van der Waals surface area contributed by atoms with Crippen molar-refractivity contribution in [3.05, 3.63) is 54.1 Å². The Morgan fingerprint density at radius 1 is 1.36 bits per heavy atom. The third kappa shape index (κ3) is 3.52. The number of nitrogens with zero attached hydrogens (tertiary/aromatic N) is 4. The van der Waals surface area contributed by atoms with Crippen LogP contribution in [0.25, 0.3) is 5.70 Å². The maximum absolute atomic E-state index is 13.3. The number of carbonyl (C=O) groups excluding carboxylic acids is 1. The van der Waals surface area contributed by atoms with Crippen LogP contribution >= 0.6 is 0 Å². The fraction of sp³-hybridized carbons (Fsp3) is 0.350. The molecule has 1 aliphatic rings. The van der Waals surface area contributed by atoms with Crippen LogP contribution < -0.4 is 4.90 Å². The van der Waals surface area contributed by atoms with Gasteiger partial charge in [-0.2, -0.15) is 18.4 Å². The fourth-order valence-electron chi connectivity index (χ4n) is 3.59. The standard InChI is InChI=1S/C20H19F3N4O/c1-19(2)10-17(28)16(27-7-6-25-12-27)9-18(19)26(3)14-5-4-13(11-24)15(8-14)20(21,22)23/h4-9,12,18H,10H2,1-3H3. The van der Waals surface area contributed by atoms with E-state index in [1.54, 1.807) is 41.1 Å². The van der Waals surface area contributed by atoms with Gasteiger partial charge in [-0.3, -0.25) is 4.79 Å². The van der Waals surface area contributed by atoms with Gasteiger partial charge in [0.25, 0.3) is 0 Å². The highest BCUT2D eigenvalue weighted by atomic mass is 19.4. The molecule has 0 radical (unpaired) electrons. The number of imidazole rings is 1. The molecule has 2 aromatic rings. The van der Waals surface area contributed by atoms with Gasteiger partial charge in [0.1, 0.15) is 0 Å². The normalized spacial score (nSPS) is 19.1. The summed E-state index contributed by atoms with van der Waals surface area (Å²) in [6.45, 7) is 3.81. The first-order valence-electron chi connectivity index (χ1n) is 8.62. The topological polar surface area (TPSA) is 61.9 Å². The molecule has 1 unspecified atom stereocenters. The summed E-state index contributed by atoms with van der Waals surface area (Å²) >= 11 is 0. The summed E-state index contributed by atoms with van der Waals surface area (Å²) in [5.74, 6) is -0.0524. The summed E-state index contributed by atoms with van der Waals surface area (Å²) in [7, 11) is 1.69. The van der Waals surface area contributed by atoms with Gasteiger partial charge in [0.2, 0.25) is 0 Å². The zero-order chi connectivity index (χ0) is 20.7. The molecule has 0 aliphatic heterocycles. The number of rotatable bonds is 3. The lowest BCUT2D eigenvalue weighted by molar-refractivity contribution is -0.137. The lowest BCUT2D eigenvalue weighted by Crippen LogP contribution is -2.46. The molecule has 0 saturated heterocycles. The average Bonchev–Trinajstić information content (AvgIpc) is 3.13. The maximum Gasteiger partial charge on any atom is 0.417 e. The van der Waals surface area contributed by atoms with Crippen molar-refractivity contribution in [2.24, 2.45) is 5.41 Å². The monoisotopic (exact) mass is 388 g/mol. The summed E-state index contributed by atoms with van der Waals surface area (Å²) in [6.07, 6.45) is 2.11. The Labute approximate surface area is 160 Å². The Hall–Kier alpha value is -3.08. The summed E-state index contributed by atoms with van der Waals surface area (Å²) in [4.78, 5) is 18.2. The van der Waals surface area contributed by atoms with Crippen LogP contribution in [-0.2, 0) is 11.0 Å². The zero-order valence-corrected chi connectivity index (χ0v) is 15.7. The number of alkyl halides is 3. The molecule has 0 spiro atoms. The maximum atomic E-state index is 13.3. The van der Waals surface area contributed by atoms with Crippen molar-refractivity contribution < 1.29 is 18.0 Å². The van der Waals surface area contributed by atoms with Crippen molar-refractivity contribution in [2.75, 3.05) is 11.9 Å². The minimum absolute atomic E-state index is 0.0524. The molecule has 1 atom stereocenters. The molecule has 0 fully saturated rings. The van der Waals surface area contributed by atoms with E-state index in [4.69, 9.17) is 5.26 Å². The third-order valence-electron chi connectivity index (χ3n) is 5.05. The summed E-state index contributed by atoms with van der Waals surface area (Å²) in [5, 5.41) is 8.99. The Balaban J connectivity index is 2.06. The first-order valence-corrected chi connectivity index (χ1v) is 8.62. The first kappa shape index (κ1) is 19.7. The molecular weight excluding hydrogens is 369 g/mol. The Kier molecular flexibility index (Phi) is 4.79. The zero-order valence-electron chi connectivity index (χ0n) is 15.7. The van der Waals surface area contributed by atoms with Crippen molar-refractivity contribution in [1.82, 2.24) is 9.55 Å². The van der Waals surface area contributed by atoms with E-state index in [0.29, 0.717) is 11.4 Å². The van der Waals surface area contributed by atoms with Crippen molar-refractivity contribution in [2.45, 2.75) is 32.5 Å². The highest BCUT2D eigenvalue weighted by Crippen LogP contribution is 2.40. The summed E-state index contributed by atoms with van der Waals surface area (Å²) < 4.78 is 41.6. The van der Waals surface area contributed by atoms with E-state index in [0.717, 1.165) is 6.07 Å². The number of likely N-dealkylation sites (N-methyl/N-ethyl adjacent to an activating group) is 1. The second kappa shape index (κ2) is 6.82. The second-order valence-corrected chi connectivity index (χ2v) is 7.51. The molecule has 0 N–H and O–H groups in total. The molecule has 3 rings (SSSR count). The first-order chi connectivity index (χ1) is 13.0. The van der Waals surface area contributed by atoms with E-state index in [2.05, 4.69) is 4.98 Å². The number of ketones is 1. The van der Waals surface area contributed by atoms with Gasteiger partial charge < -0.3 is 9.47 Å². The van der Waals surface area contributed by atoms with Gasteiger partial charge in [0, 0.05) is 31.5 Å². The number of Topliss-reactive ketones (excluding diaryl/α,β-unsaturated/α-hetero) is 1. The smallest absolute Gasteiger partial charge is 0.367 e. The molecule has 0 amide bonds. The van der Waals surface area contributed by atoms with Crippen molar-refractivity contribution >= 4 is 17.2 Å². The number of benzene rings is 1.